The first-order chi connectivity index (χ1) is 7.59. The van der Waals surface area contributed by atoms with E-state index >= 15 is 0 Å². The molecule has 0 unspecified atom stereocenters. The van der Waals surface area contributed by atoms with Crippen molar-refractivity contribution in [3.8, 4) is 0 Å². The van der Waals surface area contributed by atoms with Gasteiger partial charge in [-0.3, -0.25) is 0 Å². The molecule has 0 saturated heterocycles. The fourth-order valence-corrected chi connectivity index (χ4v) is 2.20. The van der Waals surface area contributed by atoms with Crippen LogP contribution in [0.15, 0.2) is 34.9 Å². The van der Waals surface area contributed by atoms with Crippen LogP contribution in [0.5, 0.6) is 0 Å². The molecule has 90 valence electrons. The lowest BCUT2D eigenvalue weighted by atomic mass is 9.69. The second kappa shape index (κ2) is 5.67. The van der Waals surface area contributed by atoms with Gasteiger partial charge in [0.2, 0.25) is 0 Å². The van der Waals surface area contributed by atoms with E-state index in [0.717, 1.165) is 30.4 Å². The Labute approximate surface area is 102 Å². The zero-order valence-corrected chi connectivity index (χ0v) is 10.4. The van der Waals surface area contributed by atoms with Gasteiger partial charge in [-0.1, -0.05) is 24.3 Å². The molecule has 2 N–H and O–H groups in total. The first-order valence-electron chi connectivity index (χ1n) is 5.53. The van der Waals surface area contributed by atoms with Gasteiger partial charge in [0, 0.05) is 10.4 Å². The number of halogens is 1. The van der Waals surface area contributed by atoms with E-state index in [9.17, 15) is 10.2 Å². The summed E-state index contributed by atoms with van der Waals surface area (Å²) in [5.41, 5.74) is 1.30. The van der Waals surface area contributed by atoms with Crippen molar-refractivity contribution in [2.24, 2.45) is 5.41 Å². The highest BCUT2D eigenvalue weighted by Gasteiger charge is 2.36. The zero-order valence-electron chi connectivity index (χ0n) is 9.67. The summed E-state index contributed by atoms with van der Waals surface area (Å²) in [7, 11) is 0. The number of allylic oxidation sites excluding steroid dienone is 4. The van der Waals surface area contributed by atoms with E-state index in [-0.39, 0.29) is 13.2 Å². The van der Waals surface area contributed by atoms with Crippen LogP contribution in [-0.2, 0) is 0 Å². The Morgan fingerprint density at radius 1 is 1.50 bits per heavy atom. The number of aliphatic hydroxyl groups is 2. The molecule has 2 nitrogen and oxygen atoms in total. The summed E-state index contributed by atoms with van der Waals surface area (Å²) in [5, 5.41) is 19.5. The third kappa shape index (κ3) is 2.57. The third-order valence-electron chi connectivity index (χ3n) is 3.32. The minimum atomic E-state index is -0.561. The molecule has 0 spiro atoms. The van der Waals surface area contributed by atoms with Crippen LogP contribution in [0.3, 0.4) is 0 Å². The highest BCUT2D eigenvalue weighted by Crippen LogP contribution is 2.42. The topological polar surface area (TPSA) is 40.5 Å². The summed E-state index contributed by atoms with van der Waals surface area (Å²) >= 11 is 5.96. The Bertz CT molecular complexity index is 325. The van der Waals surface area contributed by atoms with Crippen molar-refractivity contribution in [1.29, 1.82) is 0 Å². The lowest BCUT2D eigenvalue weighted by molar-refractivity contribution is 0.0714. The highest BCUT2D eigenvalue weighted by molar-refractivity contribution is 6.31. The van der Waals surface area contributed by atoms with Gasteiger partial charge in [0.1, 0.15) is 0 Å². The van der Waals surface area contributed by atoms with Crippen molar-refractivity contribution in [2.45, 2.75) is 26.2 Å². The SMILES string of the molecule is C=C1/C(=C\C(Cl)=C/C)CCCC1(CO)CO. The molecule has 0 aromatic heterocycles. The van der Waals surface area contributed by atoms with E-state index in [1.807, 2.05) is 19.1 Å². The molecular weight excluding hydrogens is 224 g/mol. The molecule has 1 rings (SSSR count). The van der Waals surface area contributed by atoms with Crippen LogP contribution in [0.25, 0.3) is 0 Å². The van der Waals surface area contributed by atoms with Crippen LogP contribution < -0.4 is 0 Å². The summed E-state index contributed by atoms with van der Waals surface area (Å²) in [6.45, 7) is 5.75. The maximum atomic E-state index is 9.43. The van der Waals surface area contributed by atoms with Gasteiger partial charge in [0.25, 0.3) is 0 Å². The van der Waals surface area contributed by atoms with Crippen LogP contribution in [0.4, 0.5) is 0 Å². The minimum Gasteiger partial charge on any atom is -0.395 e. The molecule has 1 saturated carbocycles. The third-order valence-corrected chi connectivity index (χ3v) is 3.65. The quantitative estimate of drug-likeness (QED) is 0.799. The number of rotatable bonds is 3. The van der Waals surface area contributed by atoms with Crippen molar-refractivity contribution in [3.05, 3.63) is 34.9 Å². The minimum absolute atomic E-state index is 0.0624. The molecule has 0 heterocycles. The number of aliphatic hydroxyl groups excluding tert-OH is 2. The van der Waals surface area contributed by atoms with Gasteiger partial charge in [-0.05, 0) is 43.4 Å². The Hall–Kier alpha value is -0.570. The van der Waals surface area contributed by atoms with E-state index in [1.54, 1.807) is 0 Å². The Kier molecular flexibility index (Phi) is 4.78. The van der Waals surface area contributed by atoms with Crippen molar-refractivity contribution in [1.82, 2.24) is 0 Å². The summed E-state index contributed by atoms with van der Waals surface area (Å²) < 4.78 is 0. The van der Waals surface area contributed by atoms with Crippen molar-refractivity contribution >= 4 is 11.6 Å². The standard InChI is InChI=1S/C13H19ClO2/c1-3-12(14)7-11-5-4-6-13(8-15,9-16)10(11)2/h3,7,15-16H,2,4-6,8-9H2,1H3/b11-7-,12-3+. The summed E-state index contributed by atoms with van der Waals surface area (Å²) in [6.07, 6.45) is 6.33. The smallest absolute Gasteiger partial charge is 0.0549 e. The summed E-state index contributed by atoms with van der Waals surface area (Å²) in [4.78, 5) is 0. The molecule has 0 aromatic carbocycles. The molecule has 0 aliphatic heterocycles. The molecule has 0 aromatic rings. The van der Waals surface area contributed by atoms with Gasteiger partial charge in [0.05, 0.1) is 13.2 Å². The van der Waals surface area contributed by atoms with E-state index in [0.29, 0.717) is 5.03 Å². The average Bonchev–Trinajstić information content (AvgIpc) is 2.32. The molecule has 0 atom stereocenters. The van der Waals surface area contributed by atoms with E-state index in [4.69, 9.17) is 11.6 Å². The van der Waals surface area contributed by atoms with Crippen LogP contribution in [0.1, 0.15) is 26.2 Å². The molecule has 3 heteroatoms. The zero-order chi connectivity index (χ0) is 12.2. The Morgan fingerprint density at radius 2 is 2.12 bits per heavy atom. The van der Waals surface area contributed by atoms with Gasteiger partial charge in [0.15, 0.2) is 0 Å². The lowest BCUT2D eigenvalue weighted by Gasteiger charge is -2.37. The first-order valence-corrected chi connectivity index (χ1v) is 5.91. The highest BCUT2D eigenvalue weighted by atomic mass is 35.5. The second-order valence-electron chi connectivity index (χ2n) is 4.27. The van der Waals surface area contributed by atoms with Gasteiger partial charge in [-0.15, -0.1) is 0 Å². The Balaban J connectivity index is 2.99. The molecule has 0 radical (unpaired) electrons. The molecule has 16 heavy (non-hydrogen) atoms. The first kappa shape index (κ1) is 13.5. The van der Waals surface area contributed by atoms with Crippen LogP contribution in [0.2, 0.25) is 0 Å². The van der Waals surface area contributed by atoms with Crippen molar-refractivity contribution in [2.75, 3.05) is 13.2 Å². The molecule has 1 aliphatic carbocycles. The number of hydrogen-bond acceptors (Lipinski definition) is 2. The molecule has 1 aliphatic rings. The van der Waals surface area contributed by atoms with Crippen LogP contribution in [0, 0.1) is 5.41 Å². The predicted octanol–water partition coefficient (Wildman–Crippen LogP) is 2.77. The Morgan fingerprint density at radius 3 is 2.62 bits per heavy atom. The fourth-order valence-electron chi connectivity index (χ4n) is 2.07. The van der Waals surface area contributed by atoms with Gasteiger partial charge in [-0.25, -0.2) is 0 Å². The summed E-state index contributed by atoms with van der Waals surface area (Å²) in [6, 6.07) is 0. The molecule has 0 bridgehead atoms. The van der Waals surface area contributed by atoms with E-state index < -0.39 is 5.41 Å². The van der Waals surface area contributed by atoms with E-state index in [2.05, 4.69) is 6.58 Å². The van der Waals surface area contributed by atoms with Crippen molar-refractivity contribution < 1.29 is 10.2 Å². The normalized spacial score (nSPS) is 23.9. The maximum Gasteiger partial charge on any atom is 0.0549 e. The van der Waals surface area contributed by atoms with E-state index in [1.165, 1.54) is 0 Å². The monoisotopic (exact) mass is 242 g/mol. The average molecular weight is 243 g/mol. The maximum absolute atomic E-state index is 9.43. The van der Waals surface area contributed by atoms with Gasteiger partial charge in [-0.2, -0.15) is 0 Å². The van der Waals surface area contributed by atoms with Crippen molar-refractivity contribution in [3.63, 3.8) is 0 Å². The lowest BCUT2D eigenvalue weighted by Crippen LogP contribution is -2.35. The van der Waals surface area contributed by atoms with Crippen LogP contribution >= 0.6 is 11.6 Å². The molecule has 0 amide bonds. The van der Waals surface area contributed by atoms with Crippen LogP contribution in [-0.4, -0.2) is 23.4 Å². The molecular formula is C13H19ClO2. The summed E-state index contributed by atoms with van der Waals surface area (Å²) in [5.74, 6) is 0. The van der Waals surface area contributed by atoms with Gasteiger partial charge < -0.3 is 10.2 Å². The predicted molar refractivity (Wildman–Crippen MR) is 67.3 cm³/mol. The second-order valence-corrected chi connectivity index (χ2v) is 4.71. The largest absolute Gasteiger partial charge is 0.395 e. The fraction of sp³-hybridized carbons (Fsp3) is 0.538. The number of hydrogen-bond donors (Lipinski definition) is 2. The molecule has 1 fully saturated rings. The van der Waals surface area contributed by atoms with Gasteiger partial charge >= 0.3 is 0 Å².